The van der Waals surface area contributed by atoms with E-state index >= 15 is 0 Å². The molecule has 1 aromatic rings. The smallest absolute Gasteiger partial charge is 0.274 e. The Hall–Kier alpha value is -2.50. The second-order valence-electron chi connectivity index (χ2n) is 7.42. The van der Waals surface area contributed by atoms with Gasteiger partial charge in [-0.25, -0.2) is 4.90 Å². The van der Waals surface area contributed by atoms with E-state index in [4.69, 9.17) is 0 Å². The molecule has 0 spiro atoms. The molecule has 1 aliphatic heterocycles. The first-order valence-electron chi connectivity index (χ1n) is 8.30. The minimum atomic E-state index is -0.519. The van der Waals surface area contributed by atoms with E-state index < -0.39 is 4.92 Å². The largest absolute Gasteiger partial charge is 0.293 e. The first-order valence-corrected chi connectivity index (χ1v) is 8.30. The summed E-state index contributed by atoms with van der Waals surface area (Å²) in [6, 6.07) is 4.65. The molecule has 0 N–H and O–H groups in total. The Balaban J connectivity index is 1.61. The standard InChI is InChI=1S/C18H16N2O4/c1-8-2-5-13(14(6-8)20(23)24)19-17(21)15-9-3-4-10(12-7-11(9)12)16(15)18(19)22/h2-6,9-12,15-16H,7H2,1H3. The van der Waals surface area contributed by atoms with Crippen LogP contribution in [-0.2, 0) is 9.59 Å². The predicted molar refractivity (Wildman–Crippen MR) is 85.0 cm³/mol. The maximum atomic E-state index is 13.0. The van der Waals surface area contributed by atoms with Crippen LogP contribution in [-0.4, -0.2) is 16.7 Å². The molecule has 3 fully saturated rings. The number of aryl methyl sites for hydroxylation is 1. The Morgan fingerprint density at radius 3 is 2.21 bits per heavy atom. The zero-order valence-electron chi connectivity index (χ0n) is 13.1. The van der Waals surface area contributed by atoms with Crippen LogP contribution in [0.2, 0.25) is 0 Å². The quantitative estimate of drug-likeness (QED) is 0.362. The molecule has 24 heavy (non-hydrogen) atoms. The van der Waals surface area contributed by atoms with E-state index in [-0.39, 0.29) is 46.9 Å². The van der Waals surface area contributed by atoms with Crippen LogP contribution in [0.5, 0.6) is 0 Å². The third-order valence-corrected chi connectivity index (χ3v) is 6.23. The van der Waals surface area contributed by atoms with Gasteiger partial charge in [0, 0.05) is 6.07 Å². The van der Waals surface area contributed by atoms with Crippen LogP contribution in [0.25, 0.3) is 0 Å². The van der Waals surface area contributed by atoms with Gasteiger partial charge in [0.15, 0.2) is 0 Å². The van der Waals surface area contributed by atoms with Crippen LogP contribution in [0.4, 0.5) is 11.4 Å². The summed E-state index contributed by atoms with van der Waals surface area (Å²) in [5.74, 6) is 0.0847. The van der Waals surface area contributed by atoms with Crippen LogP contribution >= 0.6 is 0 Å². The van der Waals surface area contributed by atoms with E-state index in [0.29, 0.717) is 11.8 Å². The number of nitro groups is 1. The number of carbonyl (C=O) groups is 2. The number of amides is 2. The SMILES string of the molecule is Cc1ccc(N2C(=O)C3C4C=CC(C5CC45)C3C2=O)c([N+](=O)[O-])c1. The van der Waals surface area contributed by atoms with Gasteiger partial charge in [-0.05, 0) is 48.6 Å². The van der Waals surface area contributed by atoms with Crippen LogP contribution in [0.3, 0.4) is 0 Å². The molecule has 1 saturated heterocycles. The van der Waals surface area contributed by atoms with Crippen molar-refractivity contribution in [1.29, 1.82) is 0 Å². The highest BCUT2D eigenvalue weighted by Crippen LogP contribution is 2.65. The molecule has 122 valence electrons. The van der Waals surface area contributed by atoms with Gasteiger partial charge in [0.2, 0.25) is 11.8 Å². The topological polar surface area (TPSA) is 80.5 Å². The van der Waals surface area contributed by atoms with E-state index in [1.165, 1.54) is 12.1 Å². The van der Waals surface area contributed by atoms with Crippen molar-refractivity contribution in [3.05, 3.63) is 46.0 Å². The number of benzene rings is 1. The molecule has 6 unspecified atom stereocenters. The van der Waals surface area contributed by atoms with Crippen molar-refractivity contribution in [2.24, 2.45) is 35.5 Å². The highest BCUT2D eigenvalue weighted by atomic mass is 16.6. The average molecular weight is 324 g/mol. The lowest BCUT2D eigenvalue weighted by atomic mass is 9.63. The molecule has 0 radical (unpaired) electrons. The zero-order valence-corrected chi connectivity index (χ0v) is 13.1. The number of carbonyl (C=O) groups excluding carboxylic acids is 2. The molecular weight excluding hydrogens is 308 g/mol. The number of hydrogen-bond donors (Lipinski definition) is 0. The first kappa shape index (κ1) is 13.9. The minimum Gasteiger partial charge on any atom is -0.274 e. The Morgan fingerprint density at radius 2 is 1.67 bits per heavy atom. The van der Waals surface area contributed by atoms with Gasteiger partial charge >= 0.3 is 0 Å². The molecule has 6 atom stereocenters. The highest BCUT2D eigenvalue weighted by molar-refractivity contribution is 6.23. The minimum absolute atomic E-state index is 0.114. The van der Waals surface area contributed by atoms with E-state index in [2.05, 4.69) is 12.2 Å². The van der Waals surface area contributed by atoms with E-state index in [0.717, 1.165) is 16.9 Å². The molecule has 4 aliphatic carbocycles. The van der Waals surface area contributed by atoms with E-state index in [1.54, 1.807) is 13.0 Å². The summed E-state index contributed by atoms with van der Waals surface area (Å²) in [4.78, 5) is 38.0. The second kappa shape index (κ2) is 4.32. The van der Waals surface area contributed by atoms with Gasteiger partial charge in [0.1, 0.15) is 5.69 Å². The van der Waals surface area contributed by atoms with Gasteiger partial charge < -0.3 is 0 Å². The number of nitro benzene ring substituents is 1. The fourth-order valence-corrected chi connectivity index (χ4v) is 5.16. The van der Waals surface area contributed by atoms with Gasteiger partial charge in [0.05, 0.1) is 16.8 Å². The molecule has 2 bridgehead atoms. The third-order valence-electron chi connectivity index (χ3n) is 6.23. The van der Waals surface area contributed by atoms with Crippen molar-refractivity contribution < 1.29 is 14.5 Å². The molecule has 0 aromatic heterocycles. The zero-order chi connectivity index (χ0) is 16.7. The monoisotopic (exact) mass is 324 g/mol. The van der Waals surface area contributed by atoms with Crippen molar-refractivity contribution in [2.75, 3.05) is 4.90 Å². The number of imide groups is 1. The maximum absolute atomic E-state index is 13.0. The molecular formula is C18H16N2O4. The Morgan fingerprint density at radius 1 is 1.08 bits per heavy atom. The summed E-state index contributed by atoms with van der Waals surface area (Å²) in [5.41, 5.74) is 0.661. The van der Waals surface area contributed by atoms with Crippen molar-refractivity contribution in [3.8, 4) is 0 Å². The lowest BCUT2D eigenvalue weighted by molar-refractivity contribution is -0.384. The van der Waals surface area contributed by atoms with Gasteiger partial charge in [-0.15, -0.1) is 0 Å². The summed E-state index contributed by atoms with van der Waals surface area (Å²) in [6.07, 6.45) is 5.29. The van der Waals surface area contributed by atoms with Crippen molar-refractivity contribution in [1.82, 2.24) is 0 Å². The van der Waals surface area contributed by atoms with Crippen LogP contribution < -0.4 is 4.90 Å². The summed E-state index contributed by atoms with van der Waals surface area (Å²) in [7, 11) is 0. The molecule has 1 heterocycles. The van der Waals surface area contributed by atoms with Crippen LogP contribution in [0.15, 0.2) is 30.4 Å². The predicted octanol–water partition coefficient (Wildman–Crippen LogP) is 2.46. The molecule has 2 saturated carbocycles. The molecule has 6 nitrogen and oxygen atoms in total. The van der Waals surface area contributed by atoms with Crippen LogP contribution in [0, 0.1) is 52.5 Å². The van der Waals surface area contributed by atoms with Crippen molar-refractivity contribution >= 4 is 23.2 Å². The lowest BCUT2D eigenvalue weighted by Crippen LogP contribution is -2.40. The van der Waals surface area contributed by atoms with Crippen LogP contribution in [0.1, 0.15) is 12.0 Å². The molecule has 1 aromatic carbocycles. The average Bonchev–Trinajstić information content (AvgIpc) is 3.33. The number of rotatable bonds is 2. The normalized spacial score (nSPS) is 38.3. The fourth-order valence-electron chi connectivity index (χ4n) is 5.16. The second-order valence-corrected chi connectivity index (χ2v) is 7.42. The Bertz CT molecular complexity index is 809. The molecule has 5 aliphatic rings. The Labute approximate surface area is 138 Å². The number of nitrogens with zero attached hydrogens (tertiary/aromatic N) is 2. The molecule has 6 rings (SSSR count). The fraction of sp³-hybridized carbons (Fsp3) is 0.444. The summed E-state index contributed by atoms with van der Waals surface area (Å²) in [5, 5.41) is 11.4. The van der Waals surface area contributed by atoms with Crippen molar-refractivity contribution in [2.45, 2.75) is 13.3 Å². The van der Waals surface area contributed by atoms with Gasteiger partial charge in [-0.1, -0.05) is 18.2 Å². The number of anilines is 1. The van der Waals surface area contributed by atoms with Crippen molar-refractivity contribution in [3.63, 3.8) is 0 Å². The Kier molecular flexibility index (Phi) is 2.50. The maximum Gasteiger partial charge on any atom is 0.293 e. The van der Waals surface area contributed by atoms with Gasteiger partial charge in [-0.3, -0.25) is 19.7 Å². The first-order chi connectivity index (χ1) is 11.5. The van der Waals surface area contributed by atoms with Gasteiger partial charge in [0.25, 0.3) is 5.69 Å². The van der Waals surface area contributed by atoms with E-state index in [9.17, 15) is 19.7 Å². The number of allylic oxidation sites excluding steroid dienone is 2. The summed E-state index contributed by atoms with van der Waals surface area (Å²) in [6.45, 7) is 1.75. The lowest BCUT2D eigenvalue weighted by Gasteiger charge is -2.37. The highest BCUT2D eigenvalue weighted by Gasteiger charge is 2.67. The third kappa shape index (κ3) is 1.56. The number of hydrogen-bond acceptors (Lipinski definition) is 4. The molecule has 6 heteroatoms. The molecule has 2 amide bonds. The van der Waals surface area contributed by atoms with E-state index in [1.807, 2.05) is 0 Å². The summed E-state index contributed by atoms with van der Waals surface area (Å²) < 4.78 is 0. The summed E-state index contributed by atoms with van der Waals surface area (Å²) >= 11 is 0. The van der Waals surface area contributed by atoms with Gasteiger partial charge in [-0.2, -0.15) is 0 Å².